The first-order chi connectivity index (χ1) is 15.8. The van der Waals surface area contributed by atoms with E-state index in [4.69, 9.17) is 9.47 Å². The van der Waals surface area contributed by atoms with Gasteiger partial charge in [0.05, 0.1) is 31.3 Å². The predicted molar refractivity (Wildman–Crippen MR) is 116 cm³/mol. The Bertz CT molecular complexity index is 965. The number of amides is 2. The van der Waals surface area contributed by atoms with Crippen LogP contribution in [0.3, 0.4) is 0 Å². The van der Waals surface area contributed by atoms with Crippen LogP contribution in [-0.4, -0.2) is 38.2 Å². The largest absolute Gasteiger partial charge is 0.416 e. The molecule has 1 N–H and O–H groups in total. The standard InChI is InChI=1S/C24H27F3N2O4/c1-2-32-9-10-33-16-18-6-3-5-17(11-18)14-28-23(31)19-12-22(30)29(15-19)21-8-4-7-20(13-21)24(25,26)27/h3-8,11,13,19H,2,9-10,12,14-16H2,1H3,(H,28,31). The second-order valence-corrected chi connectivity index (χ2v) is 7.74. The van der Waals surface area contributed by atoms with Crippen LogP contribution in [0.5, 0.6) is 0 Å². The van der Waals surface area contributed by atoms with Gasteiger partial charge < -0.3 is 19.7 Å². The Balaban J connectivity index is 1.53. The van der Waals surface area contributed by atoms with Crippen molar-refractivity contribution in [3.8, 4) is 0 Å². The summed E-state index contributed by atoms with van der Waals surface area (Å²) in [6.07, 6.45) is -4.55. The van der Waals surface area contributed by atoms with Gasteiger partial charge in [-0.3, -0.25) is 9.59 Å². The summed E-state index contributed by atoms with van der Waals surface area (Å²) in [5.74, 6) is -1.31. The Morgan fingerprint density at radius 1 is 1.09 bits per heavy atom. The molecular formula is C24H27F3N2O4. The van der Waals surface area contributed by atoms with Crippen molar-refractivity contribution in [2.24, 2.45) is 5.92 Å². The van der Waals surface area contributed by atoms with Crippen molar-refractivity contribution in [2.45, 2.75) is 32.7 Å². The maximum absolute atomic E-state index is 13.0. The van der Waals surface area contributed by atoms with Gasteiger partial charge in [0, 0.05) is 31.8 Å². The summed E-state index contributed by atoms with van der Waals surface area (Å²) in [5, 5.41) is 2.82. The summed E-state index contributed by atoms with van der Waals surface area (Å²) in [4.78, 5) is 26.2. The lowest BCUT2D eigenvalue weighted by Crippen LogP contribution is -2.32. The fourth-order valence-corrected chi connectivity index (χ4v) is 3.60. The molecule has 0 saturated carbocycles. The highest BCUT2D eigenvalue weighted by atomic mass is 19.4. The molecule has 3 rings (SSSR count). The zero-order valence-corrected chi connectivity index (χ0v) is 18.4. The number of rotatable bonds is 10. The van der Waals surface area contributed by atoms with Gasteiger partial charge in [-0.1, -0.05) is 30.3 Å². The monoisotopic (exact) mass is 464 g/mol. The average Bonchev–Trinajstić information content (AvgIpc) is 3.19. The molecule has 1 saturated heterocycles. The highest BCUT2D eigenvalue weighted by molar-refractivity contribution is 6.00. The number of carbonyl (C=O) groups excluding carboxylic acids is 2. The first kappa shape index (κ1) is 24.7. The first-order valence-corrected chi connectivity index (χ1v) is 10.8. The van der Waals surface area contributed by atoms with E-state index in [9.17, 15) is 22.8 Å². The molecule has 1 unspecified atom stereocenters. The van der Waals surface area contributed by atoms with Gasteiger partial charge in [-0.2, -0.15) is 13.2 Å². The fourth-order valence-electron chi connectivity index (χ4n) is 3.60. The molecular weight excluding hydrogens is 437 g/mol. The van der Waals surface area contributed by atoms with Gasteiger partial charge in [0.25, 0.3) is 0 Å². The number of benzene rings is 2. The van der Waals surface area contributed by atoms with Crippen LogP contribution in [0.15, 0.2) is 48.5 Å². The number of hydrogen-bond acceptors (Lipinski definition) is 4. The molecule has 0 radical (unpaired) electrons. The minimum absolute atomic E-state index is 0.0414. The third kappa shape index (κ3) is 7.03. The van der Waals surface area contributed by atoms with Gasteiger partial charge in [-0.05, 0) is 36.2 Å². The van der Waals surface area contributed by atoms with Crippen LogP contribution in [0.1, 0.15) is 30.0 Å². The van der Waals surface area contributed by atoms with E-state index in [0.29, 0.717) is 26.4 Å². The zero-order chi connectivity index (χ0) is 23.8. The molecule has 9 heteroatoms. The zero-order valence-electron chi connectivity index (χ0n) is 18.4. The topological polar surface area (TPSA) is 67.9 Å². The van der Waals surface area contributed by atoms with E-state index in [2.05, 4.69) is 5.32 Å². The molecule has 1 aliphatic rings. The van der Waals surface area contributed by atoms with Crippen molar-refractivity contribution in [3.05, 3.63) is 65.2 Å². The van der Waals surface area contributed by atoms with E-state index in [1.165, 1.54) is 17.0 Å². The van der Waals surface area contributed by atoms with Crippen molar-refractivity contribution in [1.82, 2.24) is 5.32 Å². The van der Waals surface area contributed by atoms with Gasteiger partial charge in [0.2, 0.25) is 11.8 Å². The molecule has 1 fully saturated rings. The number of nitrogens with one attached hydrogen (secondary N) is 1. The van der Waals surface area contributed by atoms with Gasteiger partial charge in [-0.15, -0.1) is 0 Å². The molecule has 2 aromatic carbocycles. The molecule has 2 amide bonds. The number of nitrogens with zero attached hydrogens (tertiary/aromatic N) is 1. The van der Waals surface area contributed by atoms with E-state index in [1.807, 2.05) is 31.2 Å². The highest BCUT2D eigenvalue weighted by Crippen LogP contribution is 2.33. The molecule has 0 aromatic heterocycles. The SMILES string of the molecule is CCOCCOCc1cccc(CNC(=O)C2CC(=O)N(c3cccc(C(F)(F)F)c3)C2)c1. The summed E-state index contributed by atoms with van der Waals surface area (Å²) in [5.41, 5.74) is 1.16. The number of carbonyl (C=O) groups is 2. The number of halogens is 3. The van der Waals surface area contributed by atoms with Gasteiger partial charge in [0.1, 0.15) is 0 Å². The van der Waals surface area contributed by atoms with Crippen LogP contribution in [0.4, 0.5) is 18.9 Å². The third-order valence-electron chi connectivity index (χ3n) is 5.28. The average molecular weight is 464 g/mol. The van der Waals surface area contributed by atoms with E-state index >= 15 is 0 Å². The van der Waals surface area contributed by atoms with E-state index in [-0.39, 0.29) is 37.0 Å². The molecule has 178 valence electrons. The Hall–Kier alpha value is -2.91. The summed E-state index contributed by atoms with van der Waals surface area (Å²) < 4.78 is 49.7. The van der Waals surface area contributed by atoms with Crippen molar-refractivity contribution >= 4 is 17.5 Å². The third-order valence-corrected chi connectivity index (χ3v) is 5.28. The lowest BCUT2D eigenvalue weighted by atomic mass is 10.1. The van der Waals surface area contributed by atoms with Crippen LogP contribution in [-0.2, 0) is 38.4 Å². The molecule has 0 spiro atoms. The Morgan fingerprint density at radius 3 is 2.58 bits per heavy atom. The minimum atomic E-state index is -4.50. The molecule has 1 atom stereocenters. The minimum Gasteiger partial charge on any atom is -0.379 e. The summed E-state index contributed by atoms with van der Waals surface area (Å²) >= 11 is 0. The number of ether oxygens (including phenoxy) is 2. The predicted octanol–water partition coefficient (Wildman–Crippen LogP) is 3.93. The summed E-state index contributed by atoms with van der Waals surface area (Å²) in [7, 11) is 0. The molecule has 33 heavy (non-hydrogen) atoms. The van der Waals surface area contributed by atoms with Crippen molar-refractivity contribution < 1.29 is 32.2 Å². The smallest absolute Gasteiger partial charge is 0.379 e. The Labute approximate surface area is 190 Å². The lowest BCUT2D eigenvalue weighted by molar-refractivity contribution is -0.137. The second kappa shape index (κ2) is 11.3. The first-order valence-electron chi connectivity index (χ1n) is 10.8. The molecule has 2 aromatic rings. The lowest BCUT2D eigenvalue weighted by Gasteiger charge is -2.18. The maximum Gasteiger partial charge on any atom is 0.416 e. The quantitative estimate of drug-likeness (QED) is 0.541. The van der Waals surface area contributed by atoms with Gasteiger partial charge in [-0.25, -0.2) is 0 Å². The van der Waals surface area contributed by atoms with Crippen LogP contribution < -0.4 is 10.2 Å². The molecule has 6 nitrogen and oxygen atoms in total. The molecule has 0 aliphatic carbocycles. The van der Waals surface area contributed by atoms with Gasteiger partial charge >= 0.3 is 6.18 Å². The van der Waals surface area contributed by atoms with Crippen molar-refractivity contribution in [3.63, 3.8) is 0 Å². The van der Waals surface area contributed by atoms with Crippen LogP contribution in [0.25, 0.3) is 0 Å². The maximum atomic E-state index is 13.0. The van der Waals surface area contributed by atoms with E-state index < -0.39 is 17.7 Å². The highest BCUT2D eigenvalue weighted by Gasteiger charge is 2.36. The normalized spacial score (nSPS) is 16.3. The molecule has 1 aliphatic heterocycles. The molecule has 0 bridgehead atoms. The molecule has 1 heterocycles. The number of alkyl halides is 3. The van der Waals surface area contributed by atoms with E-state index in [1.54, 1.807) is 0 Å². The van der Waals surface area contributed by atoms with Crippen LogP contribution in [0.2, 0.25) is 0 Å². The van der Waals surface area contributed by atoms with Gasteiger partial charge in [0.15, 0.2) is 0 Å². The van der Waals surface area contributed by atoms with Crippen LogP contribution in [0, 0.1) is 5.92 Å². The second-order valence-electron chi connectivity index (χ2n) is 7.74. The number of anilines is 1. The number of hydrogen-bond donors (Lipinski definition) is 1. The van der Waals surface area contributed by atoms with Crippen molar-refractivity contribution in [2.75, 3.05) is 31.3 Å². The van der Waals surface area contributed by atoms with Crippen molar-refractivity contribution in [1.29, 1.82) is 0 Å². The Morgan fingerprint density at radius 2 is 1.82 bits per heavy atom. The van der Waals surface area contributed by atoms with E-state index in [0.717, 1.165) is 23.3 Å². The summed E-state index contributed by atoms with van der Waals surface area (Å²) in [6, 6.07) is 12.2. The fraction of sp³-hybridized carbons (Fsp3) is 0.417. The van der Waals surface area contributed by atoms with Crippen LogP contribution >= 0.6 is 0 Å². The Kier molecular flexibility index (Phi) is 8.46. The summed E-state index contributed by atoms with van der Waals surface area (Å²) in [6.45, 7) is 4.33.